The van der Waals surface area contributed by atoms with E-state index >= 15 is 0 Å². The zero-order chi connectivity index (χ0) is 20.3. The fraction of sp³-hybridized carbons (Fsp3) is 0.227. The van der Waals surface area contributed by atoms with E-state index in [4.69, 9.17) is 18.9 Å². The molecule has 0 aliphatic carbocycles. The van der Waals surface area contributed by atoms with Crippen LogP contribution in [0.4, 0.5) is 0 Å². The summed E-state index contributed by atoms with van der Waals surface area (Å²) in [4.78, 5) is 11.6. The number of ether oxygens (including phenoxy) is 4. The minimum absolute atomic E-state index is 0.0950. The number of rotatable bonds is 6. The minimum Gasteiger partial charge on any atom is -0.504 e. The third kappa shape index (κ3) is 3.67. The van der Waals surface area contributed by atoms with Crippen LogP contribution in [-0.2, 0) is 4.79 Å². The SMILES string of the molecule is COc1c(OC)c(OC(C)=O)c2cc(OC(C)c3ccccc3)ccc2c1O. The van der Waals surface area contributed by atoms with E-state index < -0.39 is 5.97 Å². The molecule has 0 fully saturated rings. The first kappa shape index (κ1) is 19.4. The van der Waals surface area contributed by atoms with Gasteiger partial charge in [0.15, 0.2) is 11.5 Å². The van der Waals surface area contributed by atoms with Crippen LogP contribution in [0.5, 0.6) is 28.7 Å². The van der Waals surface area contributed by atoms with Crippen LogP contribution in [0.25, 0.3) is 10.8 Å². The van der Waals surface area contributed by atoms with Crippen LogP contribution >= 0.6 is 0 Å². The molecule has 1 atom stereocenters. The van der Waals surface area contributed by atoms with Crippen LogP contribution in [0, 0.1) is 0 Å². The Hall–Kier alpha value is -3.41. The summed E-state index contributed by atoms with van der Waals surface area (Å²) in [6.07, 6.45) is -0.190. The number of phenols is 1. The van der Waals surface area contributed by atoms with Gasteiger partial charge in [0, 0.05) is 17.7 Å². The summed E-state index contributed by atoms with van der Waals surface area (Å²) in [5, 5.41) is 11.5. The molecule has 0 spiro atoms. The fourth-order valence-corrected chi connectivity index (χ4v) is 3.06. The molecule has 0 aliphatic heterocycles. The van der Waals surface area contributed by atoms with Crippen LogP contribution < -0.4 is 18.9 Å². The lowest BCUT2D eigenvalue weighted by Crippen LogP contribution is -2.06. The first-order chi connectivity index (χ1) is 13.5. The lowest BCUT2D eigenvalue weighted by Gasteiger charge is -2.19. The van der Waals surface area contributed by atoms with Gasteiger partial charge < -0.3 is 24.1 Å². The second kappa shape index (κ2) is 8.08. The van der Waals surface area contributed by atoms with Crippen molar-refractivity contribution >= 4 is 16.7 Å². The molecule has 28 heavy (non-hydrogen) atoms. The number of esters is 1. The third-order valence-electron chi connectivity index (χ3n) is 4.35. The number of phenolic OH excluding ortho intramolecular Hbond substituents is 1. The highest BCUT2D eigenvalue weighted by Gasteiger charge is 2.24. The van der Waals surface area contributed by atoms with E-state index in [1.165, 1.54) is 21.1 Å². The van der Waals surface area contributed by atoms with Crippen molar-refractivity contribution in [1.29, 1.82) is 0 Å². The Bertz CT molecular complexity index is 997. The average Bonchev–Trinajstić information content (AvgIpc) is 2.70. The second-order valence-corrected chi connectivity index (χ2v) is 6.22. The molecule has 6 heteroatoms. The minimum atomic E-state index is -0.517. The Morgan fingerprint density at radius 3 is 2.21 bits per heavy atom. The molecule has 0 amide bonds. The van der Waals surface area contributed by atoms with Crippen molar-refractivity contribution in [3.63, 3.8) is 0 Å². The summed E-state index contributed by atoms with van der Waals surface area (Å²) < 4.78 is 22.0. The van der Waals surface area contributed by atoms with Gasteiger partial charge in [-0.25, -0.2) is 0 Å². The molecule has 146 valence electrons. The van der Waals surface area contributed by atoms with Gasteiger partial charge >= 0.3 is 5.97 Å². The predicted molar refractivity (Wildman–Crippen MR) is 106 cm³/mol. The Kier molecular flexibility index (Phi) is 5.59. The Morgan fingerprint density at radius 1 is 0.929 bits per heavy atom. The van der Waals surface area contributed by atoms with Crippen molar-refractivity contribution in [2.75, 3.05) is 14.2 Å². The van der Waals surface area contributed by atoms with Gasteiger partial charge in [0.25, 0.3) is 0 Å². The van der Waals surface area contributed by atoms with E-state index in [9.17, 15) is 9.90 Å². The lowest BCUT2D eigenvalue weighted by atomic mass is 10.1. The number of aromatic hydroxyl groups is 1. The van der Waals surface area contributed by atoms with Gasteiger partial charge in [0.2, 0.25) is 11.5 Å². The maximum Gasteiger partial charge on any atom is 0.308 e. The van der Waals surface area contributed by atoms with Crippen LogP contribution in [0.3, 0.4) is 0 Å². The van der Waals surface area contributed by atoms with Crippen molar-refractivity contribution in [2.45, 2.75) is 20.0 Å². The molecular weight excluding hydrogens is 360 g/mol. The molecule has 6 nitrogen and oxygen atoms in total. The van der Waals surface area contributed by atoms with E-state index in [0.29, 0.717) is 16.5 Å². The summed E-state index contributed by atoms with van der Waals surface area (Å²) >= 11 is 0. The highest BCUT2D eigenvalue weighted by Crippen LogP contribution is 2.51. The van der Waals surface area contributed by atoms with Crippen molar-refractivity contribution in [1.82, 2.24) is 0 Å². The summed E-state index contributed by atoms with van der Waals surface area (Å²) in [6.45, 7) is 3.24. The molecular formula is C22H22O6. The standard InChI is InChI=1S/C22H22O6/c1-13(15-8-6-5-7-9-15)27-16-10-11-17-18(12-16)20(28-14(2)23)22(26-4)21(25-3)19(17)24/h5-13,24H,1-4H3. The predicted octanol–water partition coefficient (Wildman–Crippen LogP) is 4.63. The summed E-state index contributed by atoms with van der Waals surface area (Å²) in [6, 6.07) is 14.9. The van der Waals surface area contributed by atoms with Gasteiger partial charge in [-0.2, -0.15) is 0 Å². The molecule has 0 saturated heterocycles. The zero-order valence-electron chi connectivity index (χ0n) is 16.2. The highest BCUT2D eigenvalue weighted by atomic mass is 16.6. The van der Waals surface area contributed by atoms with Crippen molar-refractivity contribution in [3.8, 4) is 28.7 Å². The van der Waals surface area contributed by atoms with E-state index in [1.54, 1.807) is 18.2 Å². The fourth-order valence-electron chi connectivity index (χ4n) is 3.06. The van der Waals surface area contributed by atoms with Crippen molar-refractivity contribution in [3.05, 3.63) is 54.1 Å². The number of benzene rings is 3. The smallest absolute Gasteiger partial charge is 0.308 e. The molecule has 0 bridgehead atoms. The second-order valence-electron chi connectivity index (χ2n) is 6.22. The maximum absolute atomic E-state index is 11.6. The van der Waals surface area contributed by atoms with E-state index in [2.05, 4.69) is 0 Å². The maximum atomic E-state index is 11.6. The monoisotopic (exact) mass is 382 g/mol. The largest absolute Gasteiger partial charge is 0.504 e. The number of fused-ring (bicyclic) bond motifs is 1. The average molecular weight is 382 g/mol. The molecule has 3 aromatic carbocycles. The van der Waals surface area contributed by atoms with E-state index in [0.717, 1.165) is 5.56 Å². The van der Waals surface area contributed by atoms with Crippen molar-refractivity contribution in [2.24, 2.45) is 0 Å². The number of hydrogen-bond acceptors (Lipinski definition) is 6. The number of carbonyl (C=O) groups excluding carboxylic acids is 1. The van der Waals surface area contributed by atoms with Gasteiger partial charge in [0.05, 0.1) is 14.2 Å². The van der Waals surface area contributed by atoms with Crippen molar-refractivity contribution < 1.29 is 28.8 Å². The van der Waals surface area contributed by atoms with Gasteiger partial charge in [-0.3, -0.25) is 4.79 Å². The molecule has 0 aliphatic rings. The number of carbonyl (C=O) groups is 1. The lowest BCUT2D eigenvalue weighted by molar-refractivity contribution is -0.131. The van der Waals surface area contributed by atoms with Gasteiger partial charge in [-0.15, -0.1) is 0 Å². The normalized spacial score (nSPS) is 11.7. The Balaban J connectivity index is 2.12. The van der Waals surface area contributed by atoms with Crippen LogP contribution in [0.15, 0.2) is 48.5 Å². The molecule has 0 heterocycles. The third-order valence-corrected chi connectivity index (χ3v) is 4.35. The Labute approximate surface area is 163 Å². The first-order valence-corrected chi connectivity index (χ1v) is 8.77. The zero-order valence-corrected chi connectivity index (χ0v) is 16.2. The molecule has 3 aromatic rings. The first-order valence-electron chi connectivity index (χ1n) is 8.77. The quantitative estimate of drug-likeness (QED) is 0.495. The molecule has 0 saturated carbocycles. The van der Waals surface area contributed by atoms with E-state index in [1.807, 2.05) is 37.3 Å². The highest BCUT2D eigenvalue weighted by molar-refractivity contribution is 6.00. The topological polar surface area (TPSA) is 74.2 Å². The molecule has 0 radical (unpaired) electrons. The van der Waals surface area contributed by atoms with Crippen LogP contribution in [0.1, 0.15) is 25.5 Å². The Morgan fingerprint density at radius 2 is 1.61 bits per heavy atom. The van der Waals surface area contributed by atoms with Gasteiger partial charge in [-0.05, 0) is 30.7 Å². The van der Waals surface area contributed by atoms with Crippen LogP contribution in [0.2, 0.25) is 0 Å². The number of methoxy groups -OCH3 is 2. The van der Waals surface area contributed by atoms with E-state index in [-0.39, 0.29) is 29.1 Å². The summed E-state index contributed by atoms with van der Waals surface area (Å²) in [5.41, 5.74) is 1.03. The van der Waals surface area contributed by atoms with Gasteiger partial charge in [-0.1, -0.05) is 30.3 Å². The summed E-state index contributed by atoms with van der Waals surface area (Å²) in [5.74, 6) is 0.332. The van der Waals surface area contributed by atoms with Crippen LogP contribution in [-0.4, -0.2) is 25.3 Å². The molecule has 0 aromatic heterocycles. The summed E-state index contributed by atoms with van der Waals surface area (Å²) in [7, 11) is 2.81. The molecule has 1 unspecified atom stereocenters. The van der Waals surface area contributed by atoms with Gasteiger partial charge in [0.1, 0.15) is 11.9 Å². The number of hydrogen-bond donors (Lipinski definition) is 1. The molecule has 3 rings (SSSR count). The molecule has 1 N–H and O–H groups in total.